The number of nitrogens with two attached hydrogens (primary N) is 1. The van der Waals surface area contributed by atoms with Gasteiger partial charge in [-0.15, -0.1) is 0 Å². The van der Waals surface area contributed by atoms with E-state index in [-0.39, 0.29) is 0 Å². The molecule has 1 aliphatic rings. The van der Waals surface area contributed by atoms with E-state index in [1.165, 1.54) is 19.4 Å². The third kappa shape index (κ3) is 3.23. The molecule has 1 aromatic heterocycles. The average molecular weight is 222 g/mol. The van der Waals surface area contributed by atoms with Crippen molar-refractivity contribution in [3.8, 4) is 0 Å². The molecule has 0 bridgehead atoms. The maximum atomic E-state index is 5.59. The van der Waals surface area contributed by atoms with Gasteiger partial charge in [0.15, 0.2) is 0 Å². The predicted octanol–water partition coefficient (Wildman–Crippen LogP) is 1.59. The molecule has 0 radical (unpaired) electrons. The van der Waals surface area contributed by atoms with Crippen LogP contribution < -0.4 is 5.73 Å². The fourth-order valence-electron chi connectivity index (χ4n) is 1.93. The van der Waals surface area contributed by atoms with E-state index in [1.807, 2.05) is 16.9 Å². The molecule has 90 valence electrons. The van der Waals surface area contributed by atoms with Crippen LogP contribution in [0.4, 0.5) is 5.82 Å². The largest absolute Gasteiger partial charge is 0.382 e. The lowest BCUT2D eigenvalue weighted by Crippen LogP contribution is -2.35. The summed E-state index contributed by atoms with van der Waals surface area (Å²) in [5.41, 5.74) is 5.59. The first kappa shape index (κ1) is 11.5. The van der Waals surface area contributed by atoms with Crippen molar-refractivity contribution in [3.05, 3.63) is 12.3 Å². The zero-order valence-electron chi connectivity index (χ0n) is 10.3. The fraction of sp³-hybridized carbons (Fsp3) is 0.750. The summed E-state index contributed by atoms with van der Waals surface area (Å²) in [6, 6.07) is 2.47. The topological polar surface area (TPSA) is 47.1 Å². The lowest BCUT2D eigenvalue weighted by atomic mass is 10.2. The number of rotatable bonds is 6. The van der Waals surface area contributed by atoms with Crippen molar-refractivity contribution in [2.75, 3.05) is 18.8 Å². The SMILES string of the molecule is CC(C)N(CCn1ccc(N)n1)CC1CC1. The Balaban J connectivity index is 1.80. The summed E-state index contributed by atoms with van der Waals surface area (Å²) in [5.74, 6) is 1.56. The van der Waals surface area contributed by atoms with E-state index in [0.717, 1.165) is 19.0 Å². The van der Waals surface area contributed by atoms with Crippen LogP contribution in [0.25, 0.3) is 0 Å². The van der Waals surface area contributed by atoms with Crippen molar-refractivity contribution in [3.63, 3.8) is 0 Å². The number of hydrogen-bond acceptors (Lipinski definition) is 3. The Hall–Kier alpha value is -1.03. The molecule has 0 aromatic carbocycles. The molecule has 0 spiro atoms. The number of hydrogen-bond donors (Lipinski definition) is 1. The third-order valence-electron chi connectivity index (χ3n) is 3.20. The Bertz CT molecular complexity index is 328. The molecule has 4 heteroatoms. The summed E-state index contributed by atoms with van der Waals surface area (Å²) >= 11 is 0. The summed E-state index contributed by atoms with van der Waals surface area (Å²) in [4.78, 5) is 2.54. The van der Waals surface area contributed by atoms with Crippen molar-refractivity contribution in [1.29, 1.82) is 0 Å². The van der Waals surface area contributed by atoms with Gasteiger partial charge in [-0.3, -0.25) is 9.58 Å². The van der Waals surface area contributed by atoms with Crippen LogP contribution >= 0.6 is 0 Å². The fourth-order valence-corrected chi connectivity index (χ4v) is 1.93. The van der Waals surface area contributed by atoms with Gasteiger partial charge >= 0.3 is 0 Å². The van der Waals surface area contributed by atoms with Gasteiger partial charge in [-0.05, 0) is 38.7 Å². The second-order valence-corrected chi connectivity index (χ2v) is 5.04. The number of anilines is 1. The van der Waals surface area contributed by atoms with Crippen LogP contribution in [0.1, 0.15) is 26.7 Å². The first-order valence-electron chi connectivity index (χ1n) is 6.18. The summed E-state index contributed by atoms with van der Waals surface area (Å²) in [6.45, 7) is 7.77. The van der Waals surface area contributed by atoms with Crippen LogP contribution in [-0.4, -0.2) is 33.8 Å². The number of nitrogen functional groups attached to an aromatic ring is 1. The van der Waals surface area contributed by atoms with Gasteiger partial charge in [-0.1, -0.05) is 0 Å². The lowest BCUT2D eigenvalue weighted by molar-refractivity contribution is 0.202. The molecule has 4 nitrogen and oxygen atoms in total. The molecule has 0 atom stereocenters. The van der Waals surface area contributed by atoms with Gasteiger partial charge in [-0.2, -0.15) is 5.10 Å². The number of aromatic nitrogens is 2. The van der Waals surface area contributed by atoms with Gasteiger partial charge in [0.25, 0.3) is 0 Å². The Morgan fingerprint density at radius 2 is 2.31 bits per heavy atom. The quantitative estimate of drug-likeness (QED) is 0.795. The summed E-state index contributed by atoms with van der Waals surface area (Å²) < 4.78 is 1.93. The molecule has 16 heavy (non-hydrogen) atoms. The van der Waals surface area contributed by atoms with Gasteiger partial charge < -0.3 is 5.73 Å². The first-order valence-corrected chi connectivity index (χ1v) is 6.18. The van der Waals surface area contributed by atoms with Crippen LogP contribution in [0.5, 0.6) is 0 Å². The van der Waals surface area contributed by atoms with E-state index < -0.39 is 0 Å². The van der Waals surface area contributed by atoms with Crippen molar-refractivity contribution < 1.29 is 0 Å². The van der Waals surface area contributed by atoms with E-state index in [4.69, 9.17) is 5.73 Å². The van der Waals surface area contributed by atoms with Gasteiger partial charge in [0.05, 0.1) is 6.54 Å². The van der Waals surface area contributed by atoms with Gasteiger partial charge in [0.2, 0.25) is 0 Å². The van der Waals surface area contributed by atoms with Gasteiger partial charge in [-0.25, -0.2) is 0 Å². The summed E-state index contributed by atoms with van der Waals surface area (Å²) in [5, 5.41) is 4.20. The van der Waals surface area contributed by atoms with Crippen LogP contribution in [-0.2, 0) is 6.54 Å². The summed E-state index contributed by atoms with van der Waals surface area (Å²) in [6.07, 6.45) is 4.78. The van der Waals surface area contributed by atoms with Crippen LogP contribution in [0.3, 0.4) is 0 Å². The van der Waals surface area contributed by atoms with Crippen molar-refractivity contribution in [2.45, 2.75) is 39.3 Å². The first-order chi connectivity index (χ1) is 7.65. The Labute approximate surface area is 97.4 Å². The Morgan fingerprint density at radius 3 is 2.81 bits per heavy atom. The highest BCUT2D eigenvalue weighted by Crippen LogP contribution is 2.30. The molecule has 1 fully saturated rings. The molecule has 1 aromatic rings. The minimum Gasteiger partial charge on any atom is -0.382 e. The molecule has 0 aliphatic heterocycles. The molecular formula is C12H22N4. The van der Waals surface area contributed by atoms with Gasteiger partial charge in [0, 0.05) is 25.3 Å². The second kappa shape index (κ2) is 4.87. The Morgan fingerprint density at radius 1 is 1.56 bits per heavy atom. The van der Waals surface area contributed by atoms with E-state index in [9.17, 15) is 0 Å². The zero-order chi connectivity index (χ0) is 11.5. The van der Waals surface area contributed by atoms with Crippen LogP contribution in [0.15, 0.2) is 12.3 Å². The molecule has 1 aliphatic carbocycles. The molecule has 2 N–H and O–H groups in total. The standard InChI is InChI=1S/C12H22N4/c1-10(2)15(9-11-3-4-11)7-8-16-6-5-12(13)14-16/h5-6,10-11H,3-4,7-9H2,1-2H3,(H2,13,14). The third-order valence-corrected chi connectivity index (χ3v) is 3.20. The highest BCUT2D eigenvalue weighted by molar-refractivity contribution is 5.23. The maximum Gasteiger partial charge on any atom is 0.145 e. The summed E-state index contributed by atoms with van der Waals surface area (Å²) in [7, 11) is 0. The van der Waals surface area contributed by atoms with E-state index in [1.54, 1.807) is 0 Å². The normalized spacial score (nSPS) is 16.2. The van der Waals surface area contributed by atoms with Crippen molar-refractivity contribution in [1.82, 2.24) is 14.7 Å². The van der Waals surface area contributed by atoms with E-state index in [2.05, 4.69) is 23.8 Å². The molecule has 1 saturated carbocycles. The zero-order valence-corrected chi connectivity index (χ0v) is 10.3. The highest BCUT2D eigenvalue weighted by Gasteiger charge is 2.25. The minimum absolute atomic E-state index is 0.610. The van der Waals surface area contributed by atoms with Crippen molar-refractivity contribution in [2.24, 2.45) is 5.92 Å². The Kier molecular flexibility index (Phi) is 3.49. The number of nitrogens with zero attached hydrogens (tertiary/aromatic N) is 3. The monoisotopic (exact) mass is 222 g/mol. The van der Waals surface area contributed by atoms with Crippen LogP contribution in [0, 0.1) is 5.92 Å². The minimum atomic E-state index is 0.610. The molecule has 0 unspecified atom stereocenters. The molecule has 0 amide bonds. The molecule has 1 heterocycles. The lowest BCUT2D eigenvalue weighted by Gasteiger charge is -2.26. The molecule has 0 saturated heterocycles. The van der Waals surface area contributed by atoms with E-state index >= 15 is 0 Å². The maximum absolute atomic E-state index is 5.59. The second-order valence-electron chi connectivity index (χ2n) is 5.04. The van der Waals surface area contributed by atoms with E-state index in [0.29, 0.717) is 11.9 Å². The molecular weight excluding hydrogens is 200 g/mol. The van der Waals surface area contributed by atoms with Crippen LogP contribution in [0.2, 0.25) is 0 Å². The van der Waals surface area contributed by atoms with Gasteiger partial charge in [0.1, 0.15) is 5.82 Å². The molecule has 2 rings (SSSR count). The smallest absolute Gasteiger partial charge is 0.145 e. The predicted molar refractivity (Wildman–Crippen MR) is 66.1 cm³/mol. The highest BCUT2D eigenvalue weighted by atomic mass is 15.3. The average Bonchev–Trinajstić information content (AvgIpc) is 2.95. The van der Waals surface area contributed by atoms with Crippen molar-refractivity contribution >= 4 is 5.82 Å².